The molecule has 0 spiro atoms. The highest BCUT2D eigenvalue weighted by Gasteiger charge is 2.24. The Labute approximate surface area is 120 Å². The number of benzene rings is 1. The summed E-state index contributed by atoms with van der Waals surface area (Å²) in [7, 11) is 0. The summed E-state index contributed by atoms with van der Waals surface area (Å²) in [4.78, 5) is 14.1. The van der Waals surface area contributed by atoms with Gasteiger partial charge in [0.1, 0.15) is 5.75 Å². The lowest BCUT2D eigenvalue weighted by molar-refractivity contribution is -0.130. The first kappa shape index (κ1) is 14.9. The molecule has 2 N–H and O–H groups in total. The number of likely N-dealkylation sites (tertiary alicyclic amines) is 1. The summed E-state index contributed by atoms with van der Waals surface area (Å²) in [5.41, 5.74) is 6.83. The molecule has 0 saturated carbocycles. The number of amides is 1. The fourth-order valence-corrected chi connectivity index (χ4v) is 2.58. The summed E-state index contributed by atoms with van der Waals surface area (Å²) in [5.74, 6) is 1.62. The number of nitrogens with zero attached hydrogens (tertiary/aromatic N) is 1. The Balaban J connectivity index is 1.78. The van der Waals surface area contributed by atoms with E-state index in [1.807, 2.05) is 36.1 Å². The van der Waals surface area contributed by atoms with Gasteiger partial charge in [-0.2, -0.15) is 0 Å². The lowest BCUT2D eigenvalue weighted by Gasteiger charge is -2.16. The Morgan fingerprint density at radius 3 is 2.75 bits per heavy atom. The average molecular weight is 276 g/mol. The zero-order chi connectivity index (χ0) is 14.4. The third-order valence-corrected chi connectivity index (χ3v) is 3.83. The SMILES string of the molecule is CCOc1ccc(CCC(=O)N2CCC(CN)C2)cc1. The van der Waals surface area contributed by atoms with Crippen LogP contribution in [0.25, 0.3) is 0 Å². The van der Waals surface area contributed by atoms with E-state index < -0.39 is 0 Å². The van der Waals surface area contributed by atoms with Crippen molar-refractivity contribution in [3.05, 3.63) is 29.8 Å². The second-order valence-corrected chi connectivity index (χ2v) is 5.31. The summed E-state index contributed by atoms with van der Waals surface area (Å²) in [5, 5.41) is 0. The molecule has 1 aromatic carbocycles. The Kier molecular flexibility index (Phi) is 5.41. The minimum absolute atomic E-state index is 0.245. The lowest BCUT2D eigenvalue weighted by Crippen LogP contribution is -2.29. The molecule has 0 aliphatic carbocycles. The molecule has 0 radical (unpaired) electrons. The van der Waals surface area contributed by atoms with Gasteiger partial charge in [0.15, 0.2) is 0 Å². The van der Waals surface area contributed by atoms with Crippen LogP contribution >= 0.6 is 0 Å². The molecule has 1 aromatic rings. The summed E-state index contributed by atoms with van der Waals surface area (Å²) < 4.78 is 5.40. The van der Waals surface area contributed by atoms with Gasteiger partial charge < -0.3 is 15.4 Å². The van der Waals surface area contributed by atoms with Gasteiger partial charge >= 0.3 is 0 Å². The molecule has 1 fully saturated rings. The van der Waals surface area contributed by atoms with Gasteiger partial charge in [0.2, 0.25) is 5.91 Å². The van der Waals surface area contributed by atoms with Gasteiger partial charge in [-0.05, 0) is 49.9 Å². The van der Waals surface area contributed by atoms with E-state index >= 15 is 0 Å². The predicted molar refractivity (Wildman–Crippen MR) is 79.7 cm³/mol. The third kappa shape index (κ3) is 3.97. The minimum atomic E-state index is 0.245. The van der Waals surface area contributed by atoms with Gasteiger partial charge in [-0.15, -0.1) is 0 Å². The van der Waals surface area contributed by atoms with Crippen LogP contribution in [-0.2, 0) is 11.2 Å². The maximum absolute atomic E-state index is 12.1. The van der Waals surface area contributed by atoms with Crippen LogP contribution in [0.2, 0.25) is 0 Å². The maximum Gasteiger partial charge on any atom is 0.222 e. The maximum atomic E-state index is 12.1. The van der Waals surface area contributed by atoms with Crippen LogP contribution in [0, 0.1) is 5.92 Å². The molecule has 1 atom stereocenters. The molecule has 1 aliphatic rings. The van der Waals surface area contributed by atoms with Crippen molar-refractivity contribution in [3.63, 3.8) is 0 Å². The normalized spacial score (nSPS) is 18.3. The van der Waals surface area contributed by atoms with Crippen molar-refractivity contribution in [1.29, 1.82) is 0 Å². The summed E-state index contributed by atoms with van der Waals surface area (Å²) in [6.07, 6.45) is 2.41. The molecule has 0 aromatic heterocycles. The molecule has 1 amide bonds. The molecule has 4 nitrogen and oxygen atoms in total. The van der Waals surface area contributed by atoms with Gasteiger partial charge in [0.05, 0.1) is 6.61 Å². The molecular weight excluding hydrogens is 252 g/mol. The number of rotatable bonds is 6. The second kappa shape index (κ2) is 7.29. The van der Waals surface area contributed by atoms with Crippen molar-refractivity contribution < 1.29 is 9.53 Å². The molecule has 1 unspecified atom stereocenters. The van der Waals surface area contributed by atoms with Crippen LogP contribution in [0.5, 0.6) is 5.75 Å². The van der Waals surface area contributed by atoms with E-state index in [2.05, 4.69) is 0 Å². The van der Waals surface area contributed by atoms with Crippen molar-refractivity contribution in [2.75, 3.05) is 26.2 Å². The van der Waals surface area contributed by atoms with Gasteiger partial charge in [-0.25, -0.2) is 0 Å². The average Bonchev–Trinajstić information content (AvgIpc) is 2.95. The van der Waals surface area contributed by atoms with Gasteiger partial charge in [0.25, 0.3) is 0 Å². The van der Waals surface area contributed by atoms with Crippen LogP contribution in [0.1, 0.15) is 25.3 Å². The Bertz CT molecular complexity index is 431. The molecule has 1 aliphatic heterocycles. The van der Waals surface area contributed by atoms with E-state index in [4.69, 9.17) is 10.5 Å². The monoisotopic (exact) mass is 276 g/mol. The second-order valence-electron chi connectivity index (χ2n) is 5.31. The molecule has 0 bridgehead atoms. The zero-order valence-electron chi connectivity index (χ0n) is 12.2. The molecule has 2 rings (SSSR count). The van der Waals surface area contributed by atoms with Crippen molar-refractivity contribution in [1.82, 2.24) is 4.90 Å². The van der Waals surface area contributed by atoms with Crippen molar-refractivity contribution in [2.24, 2.45) is 11.7 Å². The van der Waals surface area contributed by atoms with E-state index in [1.54, 1.807) is 0 Å². The number of carbonyl (C=O) groups excluding carboxylic acids is 1. The fourth-order valence-electron chi connectivity index (χ4n) is 2.58. The molecular formula is C16H24N2O2. The third-order valence-electron chi connectivity index (χ3n) is 3.83. The molecule has 1 saturated heterocycles. The van der Waals surface area contributed by atoms with Crippen LogP contribution in [0.3, 0.4) is 0 Å². The molecule has 4 heteroatoms. The van der Waals surface area contributed by atoms with Gasteiger partial charge in [0, 0.05) is 19.5 Å². The first-order valence-electron chi connectivity index (χ1n) is 7.42. The molecule has 110 valence electrons. The van der Waals surface area contributed by atoms with Crippen molar-refractivity contribution in [3.8, 4) is 5.75 Å². The van der Waals surface area contributed by atoms with E-state index in [0.29, 0.717) is 25.5 Å². The summed E-state index contributed by atoms with van der Waals surface area (Å²) >= 11 is 0. The van der Waals surface area contributed by atoms with Crippen LogP contribution < -0.4 is 10.5 Å². The molecule has 1 heterocycles. The number of ether oxygens (including phenoxy) is 1. The largest absolute Gasteiger partial charge is 0.494 e. The number of carbonyl (C=O) groups is 1. The van der Waals surface area contributed by atoms with Gasteiger partial charge in [-0.1, -0.05) is 12.1 Å². The Morgan fingerprint density at radius 2 is 2.15 bits per heavy atom. The van der Waals surface area contributed by atoms with E-state index in [1.165, 1.54) is 5.56 Å². The van der Waals surface area contributed by atoms with Crippen LogP contribution in [-0.4, -0.2) is 37.0 Å². The topological polar surface area (TPSA) is 55.6 Å². The first-order chi connectivity index (χ1) is 9.72. The van der Waals surface area contributed by atoms with Crippen LogP contribution in [0.15, 0.2) is 24.3 Å². The van der Waals surface area contributed by atoms with Crippen LogP contribution in [0.4, 0.5) is 0 Å². The Morgan fingerprint density at radius 1 is 1.40 bits per heavy atom. The lowest BCUT2D eigenvalue weighted by atomic mass is 10.1. The number of hydrogen-bond acceptors (Lipinski definition) is 3. The highest BCUT2D eigenvalue weighted by atomic mass is 16.5. The highest BCUT2D eigenvalue weighted by Crippen LogP contribution is 2.17. The van der Waals surface area contributed by atoms with E-state index in [-0.39, 0.29) is 5.91 Å². The zero-order valence-corrected chi connectivity index (χ0v) is 12.2. The predicted octanol–water partition coefficient (Wildman–Crippen LogP) is 1.83. The van der Waals surface area contributed by atoms with E-state index in [0.717, 1.165) is 31.7 Å². The smallest absolute Gasteiger partial charge is 0.222 e. The van der Waals surface area contributed by atoms with Gasteiger partial charge in [-0.3, -0.25) is 4.79 Å². The standard InChI is InChI=1S/C16H24N2O2/c1-2-20-15-6-3-13(4-7-15)5-8-16(19)18-10-9-14(11-17)12-18/h3-4,6-7,14H,2,5,8-12,17H2,1H3. The fraction of sp³-hybridized carbons (Fsp3) is 0.562. The van der Waals surface area contributed by atoms with Crippen molar-refractivity contribution in [2.45, 2.75) is 26.2 Å². The van der Waals surface area contributed by atoms with E-state index in [9.17, 15) is 4.79 Å². The molecule has 20 heavy (non-hydrogen) atoms. The summed E-state index contributed by atoms with van der Waals surface area (Å²) in [6.45, 7) is 5.03. The Hall–Kier alpha value is -1.55. The number of aryl methyl sites for hydroxylation is 1. The highest BCUT2D eigenvalue weighted by molar-refractivity contribution is 5.76. The minimum Gasteiger partial charge on any atom is -0.494 e. The quantitative estimate of drug-likeness (QED) is 0.862. The first-order valence-corrected chi connectivity index (χ1v) is 7.42. The number of nitrogens with two attached hydrogens (primary N) is 1. The summed E-state index contributed by atoms with van der Waals surface area (Å²) in [6, 6.07) is 7.99. The van der Waals surface area contributed by atoms with Crippen molar-refractivity contribution >= 4 is 5.91 Å². The number of hydrogen-bond donors (Lipinski definition) is 1.